The molecule has 1 unspecified atom stereocenters. The largest absolute Gasteiger partial charge is 0.348 e. The van der Waals surface area contributed by atoms with Crippen molar-refractivity contribution in [1.82, 2.24) is 0 Å². The molecule has 1 aliphatic heterocycles. The molecule has 0 spiro atoms. The highest BCUT2D eigenvalue weighted by atomic mass is 31.2. The molecule has 3 heteroatoms. The van der Waals surface area contributed by atoms with E-state index >= 15 is 0 Å². The quantitative estimate of drug-likeness (QED) is 0.333. The van der Waals surface area contributed by atoms with Gasteiger partial charge >= 0.3 is 0 Å². The maximum atomic E-state index is 8.01. The molecule has 0 aromatic carbocycles. The summed E-state index contributed by atoms with van der Waals surface area (Å²) in [5.41, 5.74) is 0. The van der Waals surface area contributed by atoms with Crippen molar-refractivity contribution < 1.29 is 9.42 Å². The van der Waals surface area contributed by atoms with Crippen LogP contribution in [0.2, 0.25) is 0 Å². The standard InChI is InChI=1S/CH3O2P/c2-4-1-3-4/h2H,1H2. The first-order chi connectivity index (χ1) is 1.89. The molecule has 1 heterocycles. The molecule has 4 heavy (non-hydrogen) atoms. The maximum absolute atomic E-state index is 8.01. The summed E-state index contributed by atoms with van der Waals surface area (Å²) < 4.78 is 4.33. The average Bonchev–Trinajstić information content (AvgIpc) is 1.75. The summed E-state index contributed by atoms with van der Waals surface area (Å²) in [6.07, 6.45) is 0.606. The summed E-state index contributed by atoms with van der Waals surface area (Å²) >= 11 is 0. The van der Waals surface area contributed by atoms with Crippen LogP contribution in [-0.2, 0) is 4.52 Å². The molecule has 0 saturated carbocycles. The predicted molar refractivity (Wildman–Crippen MR) is 15.1 cm³/mol. The predicted octanol–water partition coefficient (Wildman–Crippen LogP) is 0.278. The van der Waals surface area contributed by atoms with E-state index in [4.69, 9.17) is 4.89 Å². The van der Waals surface area contributed by atoms with Gasteiger partial charge in [0.15, 0.2) is 8.38 Å². The Morgan fingerprint density at radius 2 is 2.25 bits per heavy atom. The Bertz CT molecular complexity index is 25.2. The highest BCUT2D eigenvalue weighted by Crippen LogP contribution is 2.47. The lowest BCUT2D eigenvalue weighted by Crippen LogP contribution is -1.21. The van der Waals surface area contributed by atoms with Crippen LogP contribution in [0, 0.1) is 0 Å². The van der Waals surface area contributed by atoms with Gasteiger partial charge in [-0.05, 0) is 0 Å². The minimum Gasteiger partial charge on any atom is -0.348 e. The Morgan fingerprint density at radius 1 is 2.00 bits per heavy atom. The van der Waals surface area contributed by atoms with Gasteiger partial charge in [0.2, 0.25) is 0 Å². The molecule has 1 rings (SSSR count). The number of rotatable bonds is 0. The summed E-state index contributed by atoms with van der Waals surface area (Å²) in [6.45, 7) is 0. The summed E-state index contributed by atoms with van der Waals surface area (Å²) in [4.78, 5) is 8.01. The van der Waals surface area contributed by atoms with Crippen molar-refractivity contribution in [2.75, 3.05) is 6.35 Å². The molecule has 24 valence electrons. The van der Waals surface area contributed by atoms with Crippen LogP contribution in [0.5, 0.6) is 0 Å². The molecule has 0 aromatic heterocycles. The van der Waals surface area contributed by atoms with Crippen LogP contribution in [0.1, 0.15) is 0 Å². The van der Waals surface area contributed by atoms with E-state index in [1.807, 2.05) is 0 Å². The fourth-order valence-electron chi connectivity index (χ4n) is 0.0258. The van der Waals surface area contributed by atoms with Crippen LogP contribution < -0.4 is 0 Å². The third-order valence-electron chi connectivity index (χ3n) is 0.245. The molecule has 0 aromatic rings. The monoisotopic (exact) mass is 78.0 g/mol. The molecular formula is CH3O2P. The molecule has 1 saturated heterocycles. The topological polar surface area (TPSA) is 32.8 Å². The van der Waals surface area contributed by atoms with E-state index in [0.29, 0.717) is 6.35 Å². The highest BCUT2D eigenvalue weighted by molar-refractivity contribution is 7.51. The van der Waals surface area contributed by atoms with Gasteiger partial charge in [-0.2, -0.15) is 0 Å². The summed E-state index contributed by atoms with van der Waals surface area (Å²) in [5, 5.41) is 0. The van der Waals surface area contributed by atoms with Crippen molar-refractivity contribution >= 4 is 8.38 Å². The summed E-state index contributed by atoms with van der Waals surface area (Å²) in [5.74, 6) is 0. The molecule has 0 aliphatic carbocycles. The first kappa shape index (κ1) is 2.58. The summed E-state index contributed by atoms with van der Waals surface area (Å²) in [7, 11) is -0.870. The Morgan fingerprint density at radius 3 is 2.25 bits per heavy atom. The summed E-state index contributed by atoms with van der Waals surface area (Å²) in [6, 6.07) is 0. The van der Waals surface area contributed by atoms with Crippen molar-refractivity contribution in [1.29, 1.82) is 0 Å². The number of hydrogen-bond acceptors (Lipinski definition) is 2. The van der Waals surface area contributed by atoms with Gasteiger partial charge in [0.1, 0.15) is 6.35 Å². The normalized spacial score (nSPS) is 39.8. The molecule has 1 atom stereocenters. The molecule has 0 amide bonds. The van der Waals surface area contributed by atoms with Crippen molar-refractivity contribution in [3.05, 3.63) is 0 Å². The Kier molecular flexibility index (Phi) is 0.417. The van der Waals surface area contributed by atoms with Crippen LogP contribution in [0.25, 0.3) is 0 Å². The SMILES string of the molecule is OP1CO1. The lowest BCUT2D eigenvalue weighted by molar-refractivity contribution is 0.522. The lowest BCUT2D eigenvalue weighted by Gasteiger charge is -1.52. The van der Waals surface area contributed by atoms with Gasteiger partial charge in [0.25, 0.3) is 0 Å². The highest BCUT2D eigenvalue weighted by Gasteiger charge is 2.18. The second-order valence-electron chi connectivity index (χ2n) is 0.610. The molecule has 1 aliphatic rings. The van der Waals surface area contributed by atoms with Crippen molar-refractivity contribution in [3.63, 3.8) is 0 Å². The third kappa shape index (κ3) is 0.382. The van der Waals surface area contributed by atoms with Gasteiger partial charge in [-0.15, -0.1) is 0 Å². The zero-order valence-electron chi connectivity index (χ0n) is 2.01. The first-order valence-corrected chi connectivity index (χ1v) is 2.39. The maximum Gasteiger partial charge on any atom is 0.196 e. The Balaban J connectivity index is 2.17. The minimum absolute atomic E-state index is 0.606. The van der Waals surface area contributed by atoms with Gasteiger partial charge in [-0.1, -0.05) is 0 Å². The van der Waals surface area contributed by atoms with E-state index in [0.717, 1.165) is 0 Å². The van der Waals surface area contributed by atoms with Crippen molar-refractivity contribution in [2.24, 2.45) is 0 Å². The van der Waals surface area contributed by atoms with Crippen LogP contribution in [0.4, 0.5) is 0 Å². The number of hydrogen-bond donors (Lipinski definition) is 1. The van der Waals surface area contributed by atoms with Gasteiger partial charge in [0.05, 0.1) is 0 Å². The molecular weight excluding hydrogens is 75.0 g/mol. The van der Waals surface area contributed by atoms with E-state index in [2.05, 4.69) is 4.52 Å². The Hall–Kier alpha value is 0.350. The smallest absolute Gasteiger partial charge is 0.196 e. The van der Waals surface area contributed by atoms with Gasteiger partial charge in [-0.25, -0.2) is 0 Å². The fourth-order valence-corrected chi connectivity index (χ4v) is 0.232. The van der Waals surface area contributed by atoms with Crippen molar-refractivity contribution in [3.8, 4) is 0 Å². The minimum atomic E-state index is -0.870. The zero-order valence-corrected chi connectivity index (χ0v) is 2.90. The Labute approximate surface area is 25.3 Å². The average molecular weight is 78.0 g/mol. The van der Waals surface area contributed by atoms with Crippen LogP contribution in [0.15, 0.2) is 0 Å². The zero-order chi connectivity index (χ0) is 2.99. The van der Waals surface area contributed by atoms with E-state index in [9.17, 15) is 0 Å². The third-order valence-corrected chi connectivity index (χ3v) is 0.734. The van der Waals surface area contributed by atoms with Gasteiger partial charge < -0.3 is 9.42 Å². The molecule has 1 fully saturated rings. The molecule has 2 nitrogen and oxygen atoms in total. The molecule has 1 N–H and O–H groups in total. The first-order valence-electron chi connectivity index (χ1n) is 0.987. The van der Waals surface area contributed by atoms with E-state index in [-0.39, 0.29) is 0 Å². The molecule has 0 radical (unpaired) electrons. The van der Waals surface area contributed by atoms with E-state index < -0.39 is 8.38 Å². The van der Waals surface area contributed by atoms with Crippen molar-refractivity contribution in [2.45, 2.75) is 0 Å². The van der Waals surface area contributed by atoms with Gasteiger partial charge in [0, 0.05) is 0 Å². The van der Waals surface area contributed by atoms with Gasteiger partial charge in [-0.3, -0.25) is 0 Å². The van der Waals surface area contributed by atoms with Crippen LogP contribution in [0.3, 0.4) is 0 Å². The lowest BCUT2D eigenvalue weighted by atomic mass is 11.7. The van der Waals surface area contributed by atoms with Crippen LogP contribution >= 0.6 is 8.38 Å². The van der Waals surface area contributed by atoms with E-state index in [1.54, 1.807) is 0 Å². The fraction of sp³-hybridized carbons (Fsp3) is 1.00. The van der Waals surface area contributed by atoms with Crippen LogP contribution in [-0.4, -0.2) is 11.2 Å². The second-order valence-corrected chi connectivity index (χ2v) is 1.83. The molecule has 0 bridgehead atoms. The van der Waals surface area contributed by atoms with E-state index in [1.165, 1.54) is 0 Å². The second kappa shape index (κ2) is 0.646.